The maximum atomic E-state index is 9.91. The monoisotopic (exact) mass is 399 g/mol. The van der Waals surface area contributed by atoms with Crippen molar-refractivity contribution in [2.24, 2.45) is 5.73 Å². The van der Waals surface area contributed by atoms with Crippen molar-refractivity contribution in [1.82, 2.24) is 0 Å². The molecule has 0 unspecified atom stereocenters. The quantitative estimate of drug-likeness (QED) is 0.597. The van der Waals surface area contributed by atoms with Crippen molar-refractivity contribution < 1.29 is 24.1 Å². The van der Waals surface area contributed by atoms with E-state index in [4.69, 9.17) is 24.7 Å². The fourth-order valence-corrected chi connectivity index (χ4v) is 3.33. The van der Waals surface area contributed by atoms with Crippen LogP contribution in [0.15, 0.2) is 73.3 Å². The Balaban J connectivity index is 1.69. The van der Waals surface area contributed by atoms with E-state index in [0.29, 0.717) is 19.8 Å². The molecule has 0 aromatic heterocycles. The Labute approximate surface area is 171 Å². The Morgan fingerprint density at radius 2 is 1.48 bits per heavy atom. The highest BCUT2D eigenvalue weighted by atomic mass is 16.7. The van der Waals surface area contributed by atoms with Gasteiger partial charge in [-0.05, 0) is 11.1 Å². The Morgan fingerprint density at radius 1 is 0.897 bits per heavy atom. The lowest BCUT2D eigenvalue weighted by molar-refractivity contribution is -0.284. The van der Waals surface area contributed by atoms with Crippen molar-refractivity contribution >= 4 is 0 Å². The zero-order valence-corrected chi connectivity index (χ0v) is 16.4. The molecule has 1 fully saturated rings. The smallest absolute Gasteiger partial charge is 0.176 e. The van der Waals surface area contributed by atoms with Crippen LogP contribution in [-0.2, 0) is 32.2 Å². The van der Waals surface area contributed by atoms with Crippen LogP contribution < -0.4 is 5.73 Å². The van der Waals surface area contributed by atoms with E-state index in [1.54, 1.807) is 6.08 Å². The van der Waals surface area contributed by atoms with Crippen molar-refractivity contribution in [3.05, 3.63) is 84.4 Å². The van der Waals surface area contributed by atoms with Crippen molar-refractivity contribution in [3.63, 3.8) is 0 Å². The van der Waals surface area contributed by atoms with Gasteiger partial charge in [-0.15, -0.1) is 6.58 Å². The van der Waals surface area contributed by atoms with Crippen LogP contribution in [0.5, 0.6) is 0 Å². The molecule has 156 valence electrons. The van der Waals surface area contributed by atoms with Crippen LogP contribution in [0.25, 0.3) is 0 Å². The third-order valence-electron chi connectivity index (χ3n) is 4.82. The van der Waals surface area contributed by atoms with Crippen molar-refractivity contribution in [1.29, 1.82) is 0 Å². The van der Waals surface area contributed by atoms with Gasteiger partial charge >= 0.3 is 0 Å². The number of aliphatic hydroxyl groups is 1. The minimum Gasteiger partial charge on any atom is -0.394 e. The highest BCUT2D eigenvalue weighted by molar-refractivity contribution is 5.14. The molecular formula is C23H29NO5. The van der Waals surface area contributed by atoms with E-state index in [2.05, 4.69) is 6.58 Å². The molecule has 2 aromatic rings. The Hall–Kier alpha value is -2.06. The van der Waals surface area contributed by atoms with Gasteiger partial charge in [0.2, 0.25) is 0 Å². The molecule has 1 saturated heterocycles. The molecule has 0 saturated carbocycles. The van der Waals surface area contributed by atoms with Crippen molar-refractivity contribution in [2.45, 2.75) is 43.9 Å². The molecule has 6 nitrogen and oxygen atoms in total. The van der Waals surface area contributed by atoms with Gasteiger partial charge in [0.15, 0.2) is 6.29 Å². The summed E-state index contributed by atoms with van der Waals surface area (Å²) in [6, 6.07) is 19.0. The molecule has 0 aliphatic carbocycles. The SMILES string of the molecule is C=CCO[C@@H]1[C@@H](N)[C@H](OCc2ccccc2)O[C@H](CO)[C@H]1OCc1ccccc1. The van der Waals surface area contributed by atoms with Gasteiger partial charge < -0.3 is 29.8 Å². The largest absolute Gasteiger partial charge is 0.394 e. The summed E-state index contributed by atoms with van der Waals surface area (Å²) in [7, 11) is 0. The number of nitrogens with two attached hydrogens (primary N) is 1. The van der Waals surface area contributed by atoms with Crippen LogP contribution in [0.1, 0.15) is 11.1 Å². The molecule has 6 heteroatoms. The van der Waals surface area contributed by atoms with E-state index in [1.165, 1.54) is 0 Å². The van der Waals surface area contributed by atoms with E-state index >= 15 is 0 Å². The summed E-state index contributed by atoms with van der Waals surface area (Å²) in [5.74, 6) is 0. The first-order valence-electron chi connectivity index (χ1n) is 9.78. The average molecular weight is 399 g/mol. The predicted molar refractivity (Wildman–Crippen MR) is 110 cm³/mol. The first kappa shape index (κ1) is 21.6. The predicted octanol–water partition coefficient (Wildman–Crippen LogP) is 2.40. The number of hydrogen-bond donors (Lipinski definition) is 2. The zero-order chi connectivity index (χ0) is 20.5. The van der Waals surface area contributed by atoms with Gasteiger partial charge in [-0.25, -0.2) is 0 Å². The molecule has 2 aromatic carbocycles. The molecular weight excluding hydrogens is 370 g/mol. The number of aliphatic hydroxyl groups excluding tert-OH is 1. The molecule has 29 heavy (non-hydrogen) atoms. The molecule has 0 spiro atoms. The van der Waals surface area contributed by atoms with E-state index < -0.39 is 30.6 Å². The molecule has 3 N–H and O–H groups in total. The van der Waals surface area contributed by atoms with Gasteiger partial charge in [0, 0.05) is 0 Å². The van der Waals surface area contributed by atoms with Crippen LogP contribution >= 0.6 is 0 Å². The summed E-state index contributed by atoms with van der Waals surface area (Å²) in [4.78, 5) is 0. The first-order chi connectivity index (χ1) is 14.2. The summed E-state index contributed by atoms with van der Waals surface area (Å²) in [6.45, 7) is 4.50. The second-order valence-corrected chi connectivity index (χ2v) is 6.95. The molecule has 3 rings (SSSR count). The summed E-state index contributed by atoms with van der Waals surface area (Å²) in [6.07, 6.45) is -0.729. The lowest BCUT2D eigenvalue weighted by atomic mass is 9.97. The number of ether oxygens (including phenoxy) is 4. The maximum absolute atomic E-state index is 9.91. The van der Waals surface area contributed by atoms with Gasteiger partial charge in [-0.2, -0.15) is 0 Å². The summed E-state index contributed by atoms with van der Waals surface area (Å²) in [5.41, 5.74) is 8.46. The van der Waals surface area contributed by atoms with Gasteiger partial charge in [0.25, 0.3) is 0 Å². The van der Waals surface area contributed by atoms with Crippen LogP contribution in [0.4, 0.5) is 0 Å². The lowest BCUT2D eigenvalue weighted by Crippen LogP contribution is -2.64. The Bertz CT molecular complexity index is 727. The van der Waals surface area contributed by atoms with Crippen LogP contribution in [-0.4, -0.2) is 49.0 Å². The van der Waals surface area contributed by atoms with E-state index in [9.17, 15) is 5.11 Å². The number of hydrogen-bond acceptors (Lipinski definition) is 6. The number of benzene rings is 2. The van der Waals surface area contributed by atoms with E-state index in [1.807, 2.05) is 60.7 Å². The van der Waals surface area contributed by atoms with Gasteiger partial charge in [0.1, 0.15) is 18.3 Å². The molecule has 0 bridgehead atoms. The highest BCUT2D eigenvalue weighted by Crippen LogP contribution is 2.27. The number of rotatable bonds is 10. The summed E-state index contributed by atoms with van der Waals surface area (Å²) in [5, 5.41) is 9.91. The molecule has 1 heterocycles. The van der Waals surface area contributed by atoms with Crippen LogP contribution in [0, 0.1) is 0 Å². The average Bonchev–Trinajstić information content (AvgIpc) is 2.77. The van der Waals surface area contributed by atoms with Gasteiger partial charge in [-0.3, -0.25) is 0 Å². The standard InChI is InChI=1S/C23H29NO5/c1-2-13-26-22-20(24)23(28-16-18-11-7-4-8-12-18)29-19(14-25)21(22)27-15-17-9-5-3-6-10-17/h2-12,19-23,25H,1,13-16,24H2/t19-,20-,21-,22-,23-/m1/s1. The highest BCUT2D eigenvalue weighted by Gasteiger charge is 2.46. The second-order valence-electron chi connectivity index (χ2n) is 6.95. The molecule has 0 radical (unpaired) electrons. The minimum atomic E-state index is -0.723. The zero-order valence-electron chi connectivity index (χ0n) is 16.4. The minimum absolute atomic E-state index is 0.231. The Kier molecular flexibility index (Phi) is 8.37. The first-order valence-corrected chi connectivity index (χ1v) is 9.78. The normalized spacial score (nSPS) is 26.9. The van der Waals surface area contributed by atoms with Crippen molar-refractivity contribution in [3.8, 4) is 0 Å². The second kappa shape index (κ2) is 11.2. The summed E-state index contributed by atoms with van der Waals surface area (Å²) < 4.78 is 23.9. The fraction of sp³-hybridized carbons (Fsp3) is 0.391. The molecule has 5 atom stereocenters. The Morgan fingerprint density at radius 3 is 2.03 bits per heavy atom. The molecule has 1 aliphatic heterocycles. The maximum Gasteiger partial charge on any atom is 0.176 e. The van der Waals surface area contributed by atoms with E-state index in [0.717, 1.165) is 11.1 Å². The van der Waals surface area contributed by atoms with Crippen LogP contribution in [0.3, 0.4) is 0 Å². The van der Waals surface area contributed by atoms with Crippen LogP contribution in [0.2, 0.25) is 0 Å². The van der Waals surface area contributed by atoms with Gasteiger partial charge in [-0.1, -0.05) is 66.7 Å². The molecule has 0 amide bonds. The van der Waals surface area contributed by atoms with E-state index in [-0.39, 0.29) is 6.61 Å². The van der Waals surface area contributed by atoms with Crippen molar-refractivity contribution in [2.75, 3.05) is 13.2 Å². The lowest BCUT2D eigenvalue weighted by Gasteiger charge is -2.44. The third-order valence-corrected chi connectivity index (χ3v) is 4.82. The molecule has 1 aliphatic rings. The van der Waals surface area contributed by atoms with Gasteiger partial charge in [0.05, 0.1) is 32.5 Å². The summed E-state index contributed by atoms with van der Waals surface area (Å²) >= 11 is 0. The third kappa shape index (κ3) is 5.96. The fourth-order valence-electron chi connectivity index (χ4n) is 3.33. The topological polar surface area (TPSA) is 83.2 Å².